The van der Waals surface area contributed by atoms with Crippen molar-refractivity contribution in [3.05, 3.63) is 12.7 Å². The number of rotatable bonds is 4. The highest BCUT2D eigenvalue weighted by Gasteiger charge is 1.98. The Morgan fingerprint density at radius 2 is 2.08 bits per heavy atom. The lowest BCUT2D eigenvalue weighted by atomic mass is 10.4. The van der Waals surface area contributed by atoms with Crippen LogP contribution in [0.4, 0.5) is 0 Å². The van der Waals surface area contributed by atoms with Gasteiger partial charge in [0.1, 0.15) is 6.04 Å². The Hall–Kier alpha value is -0.780. The molecule has 0 N–H and O–H groups in total. The molecule has 0 aromatic carbocycles. The monoisotopic (exact) mass is 168 g/mol. The summed E-state index contributed by atoms with van der Waals surface area (Å²) in [6.07, 6.45) is 2.54. The minimum atomic E-state index is 0.617. The van der Waals surface area contributed by atoms with Crippen molar-refractivity contribution < 1.29 is 9.22 Å². The molecule has 0 fully saturated rings. The first kappa shape index (κ1) is 11.2. The van der Waals surface area contributed by atoms with Gasteiger partial charge in [-0.2, -0.15) is 0 Å². The van der Waals surface area contributed by atoms with Crippen molar-refractivity contribution in [2.45, 2.75) is 6.42 Å². The van der Waals surface area contributed by atoms with Gasteiger partial charge in [-0.25, -0.2) is 0 Å². The Balaban J connectivity index is 3.40. The van der Waals surface area contributed by atoms with E-state index in [4.69, 9.17) is 4.74 Å². The molecule has 0 spiro atoms. The molecular weight excluding hydrogens is 150 g/mol. The maximum absolute atomic E-state index is 5.17. The van der Waals surface area contributed by atoms with Crippen molar-refractivity contribution in [1.82, 2.24) is 0 Å². The van der Waals surface area contributed by atoms with Gasteiger partial charge in [0.2, 0.25) is 0 Å². The first-order chi connectivity index (χ1) is 5.56. The highest BCUT2D eigenvalue weighted by molar-refractivity contribution is 4.91. The van der Waals surface area contributed by atoms with Crippen molar-refractivity contribution in [3.63, 3.8) is 0 Å². The number of hydrogen-bond donors (Lipinski definition) is 0. The molecule has 0 rings (SSSR count). The molecule has 0 unspecified atom stereocenters. The van der Waals surface area contributed by atoms with Gasteiger partial charge in [-0.1, -0.05) is 6.08 Å². The lowest BCUT2D eigenvalue weighted by molar-refractivity contribution is -0.800. The van der Waals surface area contributed by atoms with Crippen LogP contribution >= 0.6 is 0 Å². The number of quaternary nitrogens is 1. The quantitative estimate of drug-likeness (QED) is 0.266. The van der Waals surface area contributed by atoms with Crippen LogP contribution in [0.2, 0.25) is 0 Å². The fraction of sp³-hybridized carbons (Fsp3) is 0.600. The summed E-state index contributed by atoms with van der Waals surface area (Å²) in [5, 5.41) is 0. The Labute approximate surface area is 75.4 Å². The van der Waals surface area contributed by atoms with Gasteiger partial charge in [0.15, 0.2) is 0 Å². The number of ether oxygens (including phenoxy) is 1. The van der Waals surface area contributed by atoms with E-state index in [-0.39, 0.29) is 0 Å². The molecule has 0 aromatic heterocycles. The molecular formula is C10H18NO+. The van der Waals surface area contributed by atoms with Crippen LogP contribution in [0.3, 0.4) is 0 Å². The molecule has 0 saturated carbocycles. The van der Waals surface area contributed by atoms with Crippen LogP contribution in [0, 0.1) is 12.0 Å². The topological polar surface area (TPSA) is 9.23 Å². The van der Waals surface area contributed by atoms with Crippen LogP contribution in [0.5, 0.6) is 0 Å². The molecule has 0 aromatic rings. The zero-order chi connectivity index (χ0) is 9.45. The Morgan fingerprint density at radius 3 is 2.58 bits per heavy atom. The molecule has 2 nitrogen and oxygen atoms in total. The Bertz CT molecular complexity index is 180. The average molecular weight is 168 g/mol. The van der Waals surface area contributed by atoms with Crippen LogP contribution < -0.4 is 0 Å². The maximum atomic E-state index is 5.17. The average Bonchev–Trinajstić information content (AvgIpc) is 1.94. The van der Waals surface area contributed by atoms with E-state index in [9.17, 15) is 0 Å². The molecule has 0 bridgehead atoms. The van der Waals surface area contributed by atoms with Crippen LogP contribution in [0.15, 0.2) is 12.7 Å². The van der Waals surface area contributed by atoms with Gasteiger partial charge in [-0.15, -0.1) is 6.58 Å². The van der Waals surface area contributed by atoms with Crippen molar-refractivity contribution in [1.29, 1.82) is 0 Å². The molecule has 0 radical (unpaired) electrons. The van der Waals surface area contributed by atoms with Crippen molar-refractivity contribution >= 4 is 0 Å². The van der Waals surface area contributed by atoms with E-state index in [0.717, 1.165) is 6.42 Å². The van der Waals surface area contributed by atoms with E-state index in [1.54, 1.807) is 6.08 Å². The minimum absolute atomic E-state index is 0.617. The third kappa shape index (κ3) is 9.22. The predicted molar refractivity (Wildman–Crippen MR) is 51.4 cm³/mol. The van der Waals surface area contributed by atoms with Crippen molar-refractivity contribution in [3.8, 4) is 12.0 Å². The second-order valence-electron chi connectivity index (χ2n) is 3.41. The highest BCUT2D eigenvalue weighted by atomic mass is 16.5. The van der Waals surface area contributed by atoms with Gasteiger partial charge in [0.05, 0.1) is 34.4 Å². The summed E-state index contributed by atoms with van der Waals surface area (Å²) < 4.78 is 5.85. The molecule has 0 aliphatic heterocycles. The highest BCUT2D eigenvalue weighted by Crippen LogP contribution is 1.86. The third-order valence-corrected chi connectivity index (χ3v) is 1.02. The molecule has 0 atom stereocenters. The smallest absolute Gasteiger partial charge is 0.136 e. The zero-order valence-electron chi connectivity index (χ0n) is 8.26. The molecule has 68 valence electrons. The molecule has 0 amide bonds. The first-order valence-corrected chi connectivity index (χ1v) is 4.06. The number of hydrogen-bond acceptors (Lipinski definition) is 1. The standard InChI is InChI=1S/C10H18NO/c1-5-9-12-10-7-6-8-11(2,3)4/h5H,1,7,9-10H2,2-4H3/q+1. The normalized spacial score (nSPS) is 10.2. The first-order valence-electron chi connectivity index (χ1n) is 4.06. The largest absolute Gasteiger partial charge is 0.376 e. The van der Waals surface area contributed by atoms with Gasteiger partial charge in [-0.3, -0.25) is 4.48 Å². The van der Waals surface area contributed by atoms with E-state index in [2.05, 4.69) is 18.5 Å². The Morgan fingerprint density at radius 1 is 1.42 bits per heavy atom. The molecule has 0 aliphatic rings. The van der Waals surface area contributed by atoms with Crippen LogP contribution in [0.25, 0.3) is 0 Å². The summed E-state index contributed by atoms with van der Waals surface area (Å²) >= 11 is 0. The summed E-state index contributed by atoms with van der Waals surface area (Å²) in [5.41, 5.74) is 0. The van der Waals surface area contributed by atoms with Crippen LogP contribution in [-0.2, 0) is 4.74 Å². The van der Waals surface area contributed by atoms with E-state index in [0.29, 0.717) is 17.7 Å². The van der Waals surface area contributed by atoms with E-state index < -0.39 is 0 Å². The van der Waals surface area contributed by atoms with Crippen molar-refractivity contribution in [2.24, 2.45) is 0 Å². The predicted octanol–water partition coefficient (Wildman–Crippen LogP) is 1.25. The van der Waals surface area contributed by atoms with Gasteiger partial charge < -0.3 is 4.74 Å². The Kier molecular flexibility index (Phi) is 5.44. The van der Waals surface area contributed by atoms with Gasteiger partial charge in [-0.05, 0) is 5.92 Å². The summed E-state index contributed by atoms with van der Waals surface area (Å²) in [4.78, 5) is 0. The molecule has 0 saturated heterocycles. The number of nitrogens with zero attached hydrogens (tertiary/aromatic N) is 1. The third-order valence-electron chi connectivity index (χ3n) is 1.02. The second-order valence-corrected chi connectivity index (χ2v) is 3.41. The molecule has 0 heterocycles. The van der Waals surface area contributed by atoms with Crippen LogP contribution in [0.1, 0.15) is 6.42 Å². The second kappa shape index (κ2) is 5.82. The van der Waals surface area contributed by atoms with E-state index in [1.807, 2.05) is 21.1 Å². The van der Waals surface area contributed by atoms with E-state index in [1.165, 1.54) is 0 Å². The van der Waals surface area contributed by atoms with Gasteiger partial charge in [0, 0.05) is 6.42 Å². The van der Waals surface area contributed by atoms with Crippen LogP contribution in [-0.4, -0.2) is 38.8 Å². The minimum Gasteiger partial charge on any atom is -0.376 e. The van der Waals surface area contributed by atoms with Gasteiger partial charge in [0.25, 0.3) is 0 Å². The maximum Gasteiger partial charge on any atom is 0.136 e. The fourth-order valence-corrected chi connectivity index (χ4v) is 0.583. The SMILES string of the molecule is C=CCOCCC#C[N+](C)(C)C. The summed E-state index contributed by atoms with van der Waals surface area (Å²) in [6, 6.07) is 3.08. The fourth-order valence-electron chi connectivity index (χ4n) is 0.583. The molecule has 12 heavy (non-hydrogen) atoms. The summed E-state index contributed by atoms with van der Waals surface area (Å²) in [6.45, 7) is 4.86. The molecule has 0 aliphatic carbocycles. The van der Waals surface area contributed by atoms with Gasteiger partial charge >= 0.3 is 0 Å². The lowest BCUT2D eigenvalue weighted by Gasteiger charge is -2.12. The van der Waals surface area contributed by atoms with Crippen molar-refractivity contribution in [2.75, 3.05) is 34.4 Å². The summed E-state index contributed by atoms with van der Waals surface area (Å²) in [5.74, 6) is 3.05. The van der Waals surface area contributed by atoms with E-state index >= 15 is 0 Å². The molecule has 2 heteroatoms. The summed E-state index contributed by atoms with van der Waals surface area (Å²) in [7, 11) is 6.12. The lowest BCUT2D eigenvalue weighted by Crippen LogP contribution is -2.27. The zero-order valence-corrected chi connectivity index (χ0v) is 8.26.